The normalized spacial score (nSPS) is 14.8. The van der Waals surface area contributed by atoms with Gasteiger partial charge in [0.15, 0.2) is 5.78 Å². The van der Waals surface area contributed by atoms with Gasteiger partial charge in [0, 0.05) is 37.3 Å². The van der Waals surface area contributed by atoms with Crippen LogP contribution in [0.3, 0.4) is 0 Å². The van der Waals surface area contributed by atoms with Crippen molar-refractivity contribution in [2.75, 3.05) is 30.8 Å². The summed E-state index contributed by atoms with van der Waals surface area (Å²) in [5.74, 6) is 0.124. The summed E-state index contributed by atoms with van der Waals surface area (Å²) in [6.45, 7) is 2.90. The third kappa shape index (κ3) is 6.19. The lowest BCUT2D eigenvalue weighted by atomic mass is 10.0. The van der Waals surface area contributed by atoms with Crippen LogP contribution in [0.25, 0.3) is 10.9 Å². The Labute approximate surface area is 246 Å². The fourth-order valence-electron chi connectivity index (χ4n) is 5.39. The molecule has 1 aliphatic rings. The van der Waals surface area contributed by atoms with Crippen LogP contribution in [0.1, 0.15) is 34.0 Å². The predicted molar refractivity (Wildman–Crippen MR) is 165 cm³/mol. The fourth-order valence-corrected chi connectivity index (χ4v) is 6.53. The number of ether oxygens (including phenoxy) is 1. The molecule has 0 aliphatic carbocycles. The highest BCUT2D eigenvalue weighted by Crippen LogP contribution is 2.35. The molecule has 9 nitrogen and oxygen atoms in total. The lowest BCUT2D eigenvalue weighted by Crippen LogP contribution is -2.45. The van der Waals surface area contributed by atoms with Gasteiger partial charge in [0.1, 0.15) is 5.75 Å². The molecule has 0 saturated heterocycles. The molecule has 5 rings (SSSR count). The number of amides is 1. The fraction of sp³-hybridized carbons (Fsp3) is 0.312. The standard InChI is InChI=1S/C32H36N4O5S/c1-4-24-21-36-13-14-42(39,40)35(2)29-18-25(17-27(24)31(29)36)32(38)34-28(16-22-9-6-5-7-10-22)30(37)20-33-19-23-11-8-12-26(15-23)41-3/h5-12,15,17-18,21,28,33H,4,13-14,16,19-20H2,1-3H3,(H,34,38)/t28-/m0/s1. The number of rotatable bonds is 11. The van der Waals surface area contributed by atoms with Gasteiger partial charge in [0.25, 0.3) is 5.91 Å². The summed E-state index contributed by atoms with van der Waals surface area (Å²) in [6.07, 6.45) is 3.03. The molecule has 3 aromatic carbocycles. The first-order valence-electron chi connectivity index (χ1n) is 14.0. The molecule has 1 atom stereocenters. The van der Waals surface area contributed by atoms with Crippen molar-refractivity contribution in [2.45, 2.75) is 38.9 Å². The van der Waals surface area contributed by atoms with Crippen LogP contribution in [0.5, 0.6) is 5.75 Å². The SMILES string of the molecule is CCc1cn2c3c(cc(C(=O)N[C@@H](Cc4ccccc4)C(=O)CNCc4cccc(OC)c4)cc13)N(C)S(=O)(=O)CC2. The number of aromatic nitrogens is 1. The van der Waals surface area contributed by atoms with E-state index in [1.165, 1.54) is 11.4 Å². The molecule has 0 fully saturated rings. The molecule has 2 heterocycles. The number of aryl methyl sites for hydroxylation is 2. The van der Waals surface area contributed by atoms with E-state index in [-0.39, 0.29) is 18.1 Å². The van der Waals surface area contributed by atoms with Gasteiger partial charge in [-0.25, -0.2) is 8.42 Å². The van der Waals surface area contributed by atoms with E-state index in [4.69, 9.17) is 4.74 Å². The molecule has 0 bridgehead atoms. The van der Waals surface area contributed by atoms with Gasteiger partial charge in [-0.1, -0.05) is 49.4 Å². The van der Waals surface area contributed by atoms with E-state index in [1.54, 1.807) is 19.2 Å². The predicted octanol–water partition coefficient (Wildman–Crippen LogP) is 3.69. The van der Waals surface area contributed by atoms with Crippen LogP contribution in [0.4, 0.5) is 5.69 Å². The Morgan fingerprint density at radius 2 is 1.79 bits per heavy atom. The number of benzene rings is 3. The first kappa shape index (κ1) is 29.3. The molecular weight excluding hydrogens is 552 g/mol. The van der Waals surface area contributed by atoms with Crippen LogP contribution in [0.15, 0.2) is 72.9 Å². The lowest BCUT2D eigenvalue weighted by Gasteiger charge is -2.21. The second-order valence-electron chi connectivity index (χ2n) is 10.5. The average molecular weight is 589 g/mol. The van der Waals surface area contributed by atoms with E-state index in [0.29, 0.717) is 30.8 Å². The first-order valence-corrected chi connectivity index (χ1v) is 15.6. The van der Waals surface area contributed by atoms with Gasteiger partial charge in [-0.2, -0.15) is 0 Å². The Balaban J connectivity index is 1.41. The van der Waals surface area contributed by atoms with Gasteiger partial charge < -0.3 is 19.9 Å². The maximum atomic E-state index is 13.7. The summed E-state index contributed by atoms with van der Waals surface area (Å²) in [7, 11) is -0.417. The molecule has 0 unspecified atom stereocenters. The van der Waals surface area contributed by atoms with Crippen LogP contribution in [-0.2, 0) is 40.7 Å². The van der Waals surface area contributed by atoms with E-state index in [9.17, 15) is 18.0 Å². The van der Waals surface area contributed by atoms with E-state index in [1.807, 2.05) is 72.3 Å². The number of hydrogen-bond acceptors (Lipinski definition) is 6. The number of nitrogens with zero attached hydrogens (tertiary/aromatic N) is 2. The smallest absolute Gasteiger partial charge is 0.251 e. The molecule has 0 saturated carbocycles. The molecular formula is C32H36N4O5S. The monoisotopic (exact) mass is 588 g/mol. The number of carbonyl (C=O) groups is 2. The highest BCUT2D eigenvalue weighted by Gasteiger charge is 2.29. The summed E-state index contributed by atoms with van der Waals surface area (Å²) in [6, 6.07) is 19.8. The summed E-state index contributed by atoms with van der Waals surface area (Å²) < 4.78 is 34.3. The minimum absolute atomic E-state index is 0.0247. The topological polar surface area (TPSA) is 110 Å². The average Bonchev–Trinajstić information content (AvgIpc) is 3.33. The Morgan fingerprint density at radius 1 is 1.02 bits per heavy atom. The molecule has 2 N–H and O–H groups in total. The molecule has 42 heavy (non-hydrogen) atoms. The zero-order valence-electron chi connectivity index (χ0n) is 24.1. The highest BCUT2D eigenvalue weighted by atomic mass is 32.2. The van der Waals surface area contributed by atoms with Gasteiger partial charge in [0.05, 0.1) is 36.7 Å². The van der Waals surface area contributed by atoms with Crippen molar-refractivity contribution in [2.24, 2.45) is 0 Å². The van der Waals surface area contributed by atoms with Crippen molar-refractivity contribution in [1.29, 1.82) is 0 Å². The minimum atomic E-state index is -3.55. The molecule has 4 aromatic rings. The molecule has 0 spiro atoms. The quantitative estimate of drug-likeness (QED) is 0.277. The largest absolute Gasteiger partial charge is 0.497 e. The van der Waals surface area contributed by atoms with Crippen molar-refractivity contribution < 1.29 is 22.7 Å². The summed E-state index contributed by atoms with van der Waals surface area (Å²) in [4.78, 5) is 27.2. The Bertz CT molecular complexity index is 1720. The Kier molecular flexibility index (Phi) is 8.65. The van der Waals surface area contributed by atoms with Gasteiger partial charge in [-0.05, 0) is 53.8 Å². The second kappa shape index (κ2) is 12.4. The third-order valence-corrected chi connectivity index (χ3v) is 9.49. The number of ketones is 1. The summed E-state index contributed by atoms with van der Waals surface area (Å²) in [5.41, 5.74) is 4.49. The van der Waals surface area contributed by atoms with Crippen molar-refractivity contribution in [3.63, 3.8) is 0 Å². The lowest BCUT2D eigenvalue weighted by molar-refractivity contribution is -0.120. The van der Waals surface area contributed by atoms with Crippen molar-refractivity contribution >= 4 is 38.3 Å². The van der Waals surface area contributed by atoms with Gasteiger partial charge in [-0.15, -0.1) is 0 Å². The number of methoxy groups -OCH3 is 1. The number of anilines is 1. The van der Waals surface area contributed by atoms with E-state index >= 15 is 0 Å². The van der Waals surface area contributed by atoms with Crippen molar-refractivity contribution in [3.05, 3.63) is 95.2 Å². The molecule has 1 amide bonds. The number of Topliss-reactive ketones (excluding diaryl/α,β-unsaturated/α-hetero) is 1. The van der Waals surface area contributed by atoms with Crippen LogP contribution < -0.4 is 19.7 Å². The van der Waals surface area contributed by atoms with Crippen LogP contribution in [0, 0.1) is 0 Å². The number of carbonyl (C=O) groups excluding carboxylic acids is 2. The van der Waals surface area contributed by atoms with E-state index in [2.05, 4.69) is 10.6 Å². The molecule has 220 valence electrons. The highest BCUT2D eigenvalue weighted by molar-refractivity contribution is 7.92. The molecule has 0 radical (unpaired) electrons. The van der Waals surface area contributed by atoms with Gasteiger partial charge in [-0.3, -0.25) is 13.9 Å². The number of hydrogen-bond donors (Lipinski definition) is 2. The van der Waals surface area contributed by atoms with Crippen molar-refractivity contribution in [3.8, 4) is 5.75 Å². The van der Waals surface area contributed by atoms with Crippen LogP contribution in [0.2, 0.25) is 0 Å². The van der Waals surface area contributed by atoms with E-state index < -0.39 is 22.0 Å². The Morgan fingerprint density at radius 3 is 2.52 bits per heavy atom. The zero-order chi connectivity index (χ0) is 29.9. The maximum Gasteiger partial charge on any atom is 0.251 e. The maximum absolute atomic E-state index is 13.7. The van der Waals surface area contributed by atoms with Crippen LogP contribution >= 0.6 is 0 Å². The second-order valence-corrected chi connectivity index (χ2v) is 12.6. The van der Waals surface area contributed by atoms with E-state index in [0.717, 1.165) is 39.8 Å². The van der Waals surface area contributed by atoms with Gasteiger partial charge in [0.2, 0.25) is 10.0 Å². The Hall–Kier alpha value is -4.15. The molecule has 1 aromatic heterocycles. The minimum Gasteiger partial charge on any atom is -0.497 e. The van der Waals surface area contributed by atoms with Crippen LogP contribution in [-0.4, -0.2) is 57.2 Å². The number of nitrogens with one attached hydrogen (secondary N) is 2. The first-order chi connectivity index (χ1) is 20.2. The number of sulfonamides is 1. The molecule has 10 heteroatoms. The van der Waals surface area contributed by atoms with Gasteiger partial charge >= 0.3 is 0 Å². The third-order valence-electron chi connectivity index (χ3n) is 7.76. The molecule has 1 aliphatic heterocycles. The van der Waals surface area contributed by atoms with Crippen molar-refractivity contribution in [1.82, 2.24) is 15.2 Å². The zero-order valence-corrected chi connectivity index (χ0v) is 24.9. The summed E-state index contributed by atoms with van der Waals surface area (Å²) >= 11 is 0. The summed E-state index contributed by atoms with van der Waals surface area (Å²) in [5, 5.41) is 6.99.